The molecule has 0 aliphatic heterocycles. The molecular weight excluding hydrogens is 168 g/mol. The number of rotatable bonds is 2. The average Bonchev–Trinajstić information content (AvgIpc) is 2.02. The maximum absolute atomic E-state index is 10.9. The van der Waals surface area contributed by atoms with Crippen molar-refractivity contribution in [3.63, 3.8) is 0 Å². The lowest BCUT2D eigenvalue weighted by molar-refractivity contribution is -0.114. The molecule has 0 atom stereocenters. The summed E-state index contributed by atoms with van der Waals surface area (Å²) < 4.78 is 0. The van der Waals surface area contributed by atoms with E-state index in [1.165, 1.54) is 0 Å². The standard InChI is InChI=1S/C8H12N4O/c1-5-3-7(11-6(2)10-5)12-8(13)4-9/h3H,4,9H2,1-2H3,(H,10,11,12,13). The number of nitrogens with zero attached hydrogens (tertiary/aromatic N) is 2. The third kappa shape index (κ3) is 2.79. The Bertz CT molecular complexity index is 304. The molecule has 3 N–H and O–H groups in total. The van der Waals surface area contributed by atoms with E-state index in [-0.39, 0.29) is 12.5 Å². The Morgan fingerprint density at radius 2 is 2.23 bits per heavy atom. The van der Waals surface area contributed by atoms with Crippen molar-refractivity contribution in [2.45, 2.75) is 13.8 Å². The fourth-order valence-corrected chi connectivity index (χ4v) is 0.975. The number of nitrogens with two attached hydrogens (primary N) is 1. The summed E-state index contributed by atoms with van der Waals surface area (Å²) in [4.78, 5) is 19.0. The van der Waals surface area contributed by atoms with E-state index >= 15 is 0 Å². The first-order chi connectivity index (χ1) is 6.11. The van der Waals surface area contributed by atoms with Crippen LogP contribution in [0.1, 0.15) is 11.5 Å². The van der Waals surface area contributed by atoms with E-state index in [1.807, 2.05) is 6.92 Å². The Labute approximate surface area is 76.4 Å². The quantitative estimate of drug-likeness (QED) is 0.670. The monoisotopic (exact) mass is 180 g/mol. The third-order valence-electron chi connectivity index (χ3n) is 1.42. The van der Waals surface area contributed by atoms with Crippen LogP contribution in [0.3, 0.4) is 0 Å². The lowest BCUT2D eigenvalue weighted by Crippen LogP contribution is -2.22. The number of nitrogens with one attached hydrogen (secondary N) is 1. The van der Waals surface area contributed by atoms with Gasteiger partial charge in [0.15, 0.2) is 0 Å². The van der Waals surface area contributed by atoms with Gasteiger partial charge < -0.3 is 11.1 Å². The molecule has 0 saturated carbocycles. The van der Waals surface area contributed by atoms with E-state index in [0.29, 0.717) is 11.6 Å². The van der Waals surface area contributed by atoms with Gasteiger partial charge in [-0.2, -0.15) is 0 Å². The van der Waals surface area contributed by atoms with Crippen LogP contribution in [0.5, 0.6) is 0 Å². The minimum absolute atomic E-state index is 0.0396. The number of carbonyl (C=O) groups is 1. The van der Waals surface area contributed by atoms with Crippen LogP contribution in [0.2, 0.25) is 0 Å². The lowest BCUT2D eigenvalue weighted by atomic mass is 10.4. The molecule has 1 heterocycles. The van der Waals surface area contributed by atoms with E-state index in [1.54, 1.807) is 13.0 Å². The molecule has 0 saturated heterocycles. The summed E-state index contributed by atoms with van der Waals surface area (Å²) in [6.45, 7) is 3.57. The summed E-state index contributed by atoms with van der Waals surface area (Å²) in [7, 11) is 0. The summed E-state index contributed by atoms with van der Waals surface area (Å²) in [5.41, 5.74) is 5.96. The fraction of sp³-hybridized carbons (Fsp3) is 0.375. The molecule has 5 heteroatoms. The summed E-state index contributed by atoms with van der Waals surface area (Å²) >= 11 is 0. The largest absolute Gasteiger partial charge is 0.322 e. The van der Waals surface area contributed by atoms with Gasteiger partial charge in [0.25, 0.3) is 0 Å². The molecule has 0 radical (unpaired) electrons. The van der Waals surface area contributed by atoms with Crippen LogP contribution in [0.4, 0.5) is 5.82 Å². The van der Waals surface area contributed by atoms with Gasteiger partial charge >= 0.3 is 0 Å². The van der Waals surface area contributed by atoms with Gasteiger partial charge in [0, 0.05) is 11.8 Å². The van der Waals surface area contributed by atoms with Gasteiger partial charge in [-0.3, -0.25) is 4.79 Å². The van der Waals surface area contributed by atoms with Crippen molar-refractivity contribution in [1.82, 2.24) is 9.97 Å². The van der Waals surface area contributed by atoms with Crippen LogP contribution in [0, 0.1) is 13.8 Å². The van der Waals surface area contributed by atoms with E-state index in [2.05, 4.69) is 15.3 Å². The van der Waals surface area contributed by atoms with Gasteiger partial charge in [-0.15, -0.1) is 0 Å². The second-order valence-corrected chi connectivity index (χ2v) is 2.69. The summed E-state index contributed by atoms with van der Waals surface area (Å²) in [6, 6.07) is 1.69. The Hall–Kier alpha value is -1.49. The van der Waals surface area contributed by atoms with Crippen molar-refractivity contribution >= 4 is 11.7 Å². The molecule has 0 aliphatic carbocycles. The maximum Gasteiger partial charge on any atom is 0.239 e. The zero-order valence-electron chi connectivity index (χ0n) is 7.66. The highest BCUT2D eigenvalue weighted by molar-refractivity contribution is 5.91. The second-order valence-electron chi connectivity index (χ2n) is 2.69. The molecule has 0 aliphatic rings. The zero-order chi connectivity index (χ0) is 9.84. The maximum atomic E-state index is 10.9. The molecule has 0 fully saturated rings. The number of hydrogen-bond acceptors (Lipinski definition) is 4. The molecule has 0 spiro atoms. The van der Waals surface area contributed by atoms with Gasteiger partial charge in [-0.05, 0) is 13.8 Å². The molecule has 0 aromatic carbocycles. The molecule has 1 rings (SSSR count). The number of aromatic nitrogens is 2. The van der Waals surface area contributed by atoms with Crippen molar-refractivity contribution in [3.8, 4) is 0 Å². The Morgan fingerprint density at radius 1 is 1.54 bits per heavy atom. The predicted octanol–water partition coefficient (Wildman–Crippen LogP) is -0.00936. The first-order valence-corrected chi connectivity index (χ1v) is 3.94. The van der Waals surface area contributed by atoms with Crippen molar-refractivity contribution < 1.29 is 4.79 Å². The molecule has 0 bridgehead atoms. The number of amides is 1. The number of carbonyl (C=O) groups excluding carboxylic acids is 1. The van der Waals surface area contributed by atoms with E-state index in [4.69, 9.17) is 5.73 Å². The summed E-state index contributed by atoms with van der Waals surface area (Å²) in [5.74, 6) is 0.880. The van der Waals surface area contributed by atoms with Crippen LogP contribution in [-0.2, 0) is 4.79 Å². The fourth-order valence-electron chi connectivity index (χ4n) is 0.975. The first-order valence-electron chi connectivity index (χ1n) is 3.94. The normalized spacial score (nSPS) is 9.77. The Balaban J connectivity index is 2.83. The van der Waals surface area contributed by atoms with Crippen LogP contribution in [0.15, 0.2) is 6.07 Å². The number of anilines is 1. The lowest BCUT2D eigenvalue weighted by Gasteiger charge is -2.03. The Morgan fingerprint density at radius 3 is 2.77 bits per heavy atom. The van der Waals surface area contributed by atoms with Crippen LogP contribution in [-0.4, -0.2) is 22.4 Å². The van der Waals surface area contributed by atoms with E-state index < -0.39 is 0 Å². The van der Waals surface area contributed by atoms with Crippen molar-refractivity contribution in [2.24, 2.45) is 5.73 Å². The molecule has 1 amide bonds. The van der Waals surface area contributed by atoms with Crippen LogP contribution in [0.25, 0.3) is 0 Å². The molecular formula is C8H12N4O. The van der Waals surface area contributed by atoms with Crippen LogP contribution >= 0.6 is 0 Å². The average molecular weight is 180 g/mol. The topological polar surface area (TPSA) is 80.9 Å². The van der Waals surface area contributed by atoms with Gasteiger partial charge in [0.05, 0.1) is 6.54 Å². The highest BCUT2D eigenvalue weighted by Gasteiger charge is 2.01. The Kier molecular flexibility index (Phi) is 2.92. The molecule has 13 heavy (non-hydrogen) atoms. The minimum Gasteiger partial charge on any atom is -0.322 e. The predicted molar refractivity (Wildman–Crippen MR) is 49.2 cm³/mol. The summed E-state index contributed by atoms with van der Waals surface area (Å²) in [6.07, 6.45) is 0. The van der Waals surface area contributed by atoms with Crippen molar-refractivity contribution in [1.29, 1.82) is 0 Å². The molecule has 5 nitrogen and oxygen atoms in total. The molecule has 1 aromatic rings. The number of hydrogen-bond donors (Lipinski definition) is 2. The van der Waals surface area contributed by atoms with Gasteiger partial charge in [0.2, 0.25) is 5.91 Å². The van der Waals surface area contributed by atoms with E-state index in [9.17, 15) is 4.79 Å². The SMILES string of the molecule is Cc1cc(NC(=O)CN)nc(C)n1. The highest BCUT2D eigenvalue weighted by atomic mass is 16.1. The highest BCUT2D eigenvalue weighted by Crippen LogP contribution is 2.04. The molecule has 0 unspecified atom stereocenters. The summed E-state index contributed by atoms with van der Waals surface area (Å²) in [5, 5.41) is 2.56. The zero-order valence-corrected chi connectivity index (χ0v) is 7.66. The van der Waals surface area contributed by atoms with Gasteiger partial charge in [0.1, 0.15) is 11.6 Å². The molecule has 70 valence electrons. The minimum atomic E-state index is -0.252. The third-order valence-corrected chi connectivity index (χ3v) is 1.42. The first kappa shape index (κ1) is 9.60. The van der Waals surface area contributed by atoms with Crippen molar-refractivity contribution in [3.05, 3.63) is 17.6 Å². The smallest absolute Gasteiger partial charge is 0.239 e. The van der Waals surface area contributed by atoms with E-state index in [0.717, 1.165) is 5.69 Å². The second kappa shape index (κ2) is 3.95. The molecule has 1 aromatic heterocycles. The van der Waals surface area contributed by atoms with Crippen molar-refractivity contribution in [2.75, 3.05) is 11.9 Å². The van der Waals surface area contributed by atoms with Crippen LogP contribution < -0.4 is 11.1 Å². The van der Waals surface area contributed by atoms with Gasteiger partial charge in [-0.1, -0.05) is 0 Å². The number of aryl methyl sites for hydroxylation is 2. The van der Waals surface area contributed by atoms with Gasteiger partial charge in [-0.25, -0.2) is 9.97 Å².